The smallest absolute Gasteiger partial charge is 0.326 e. The molecule has 2 aliphatic rings. The number of carboxylic acids is 1. The number of urea groups is 1. The summed E-state index contributed by atoms with van der Waals surface area (Å²) in [7, 11) is 0. The Labute approximate surface area is 126 Å². The van der Waals surface area contributed by atoms with Crippen molar-refractivity contribution in [1.29, 1.82) is 0 Å². The lowest BCUT2D eigenvalue weighted by Gasteiger charge is -2.29. The predicted molar refractivity (Wildman–Crippen MR) is 81.0 cm³/mol. The van der Waals surface area contributed by atoms with Crippen molar-refractivity contribution >= 4 is 12.0 Å². The molecule has 2 rings (SSSR count). The number of carboxylic acid groups (broad SMARTS) is 1. The number of rotatable bonds is 7. The van der Waals surface area contributed by atoms with Gasteiger partial charge in [0, 0.05) is 6.04 Å². The summed E-state index contributed by atoms with van der Waals surface area (Å²) in [4.78, 5) is 23.2. The standard InChI is InChI=1S/C16H28N2O3/c1-3-4-5-14(15(19)20)18-16(21)17-10(2)13-9-11-6-7-12(13)8-11/h10-14H,3-9H2,1-2H3,(H,19,20)(H2,17,18,21). The molecule has 21 heavy (non-hydrogen) atoms. The summed E-state index contributed by atoms with van der Waals surface area (Å²) in [6, 6.07) is -0.994. The van der Waals surface area contributed by atoms with Crippen LogP contribution in [0, 0.1) is 17.8 Å². The Kier molecular flexibility index (Phi) is 5.48. The molecule has 0 spiro atoms. The number of aliphatic carboxylic acids is 1. The van der Waals surface area contributed by atoms with Gasteiger partial charge >= 0.3 is 12.0 Å². The van der Waals surface area contributed by atoms with E-state index >= 15 is 0 Å². The Morgan fingerprint density at radius 1 is 1.24 bits per heavy atom. The van der Waals surface area contributed by atoms with E-state index in [1.54, 1.807) is 0 Å². The van der Waals surface area contributed by atoms with Crippen LogP contribution in [0.3, 0.4) is 0 Å². The molecule has 5 unspecified atom stereocenters. The fraction of sp³-hybridized carbons (Fsp3) is 0.875. The van der Waals surface area contributed by atoms with E-state index < -0.39 is 12.0 Å². The second-order valence-corrected chi connectivity index (χ2v) is 6.78. The SMILES string of the molecule is CCCCC(NC(=O)NC(C)C1CC2CCC1C2)C(=O)O. The molecule has 5 nitrogen and oxygen atoms in total. The van der Waals surface area contributed by atoms with Gasteiger partial charge in [-0.1, -0.05) is 26.2 Å². The van der Waals surface area contributed by atoms with Crippen molar-refractivity contribution in [2.45, 2.75) is 70.9 Å². The van der Waals surface area contributed by atoms with Gasteiger partial charge in [-0.05, 0) is 50.4 Å². The minimum absolute atomic E-state index is 0.126. The molecule has 2 bridgehead atoms. The molecule has 5 heteroatoms. The first-order valence-electron chi connectivity index (χ1n) is 8.31. The Morgan fingerprint density at radius 3 is 2.52 bits per heavy atom. The third kappa shape index (κ3) is 4.11. The maximum absolute atomic E-state index is 12.0. The van der Waals surface area contributed by atoms with Gasteiger partial charge in [-0.2, -0.15) is 0 Å². The molecule has 0 heterocycles. The number of carbonyl (C=O) groups excluding carboxylic acids is 1. The molecular weight excluding hydrogens is 268 g/mol. The summed E-state index contributed by atoms with van der Waals surface area (Å²) in [6.45, 7) is 4.06. The Balaban J connectivity index is 1.78. The van der Waals surface area contributed by atoms with Crippen molar-refractivity contribution in [2.24, 2.45) is 17.8 Å². The van der Waals surface area contributed by atoms with Gasteiger partial charge in [0.05, 0.1) is 0 Å². The summed E-state index contributed by atoms with van der Waals surface area (Å²) < 4.78 is 0. The highest BCUT2D eigenvalue weighted by Gasteiger charge is 2.42. The molecule has 2 amide bonds. The third-order valence-corrected chi connectivity index (χ3v) is 5.24. The number of hydrogen-bond donors (Lipinski definition) is 3. The van der Waals surface area contributed by atoms with Gasteiger partial charge in [-0.25, -0.2) is 9.59 Å². The zero-order valence-electron chi connectivity index (χ0n) is 13.1. The van der Waals surface area contributed by atoms with Crippen LogP contribution >= 0.6 is 0 Å². The quantitative estimate of drug-likeness (QED) is 0.676. The fourth-order valence-electron chi connectivity index (χ4n) is 4.09. The van der Waals surface area contributed by atoms with Crippen molar-refractivity contribution < 1.29 is 14.7 Å². The van der Waals surface area contributed by atoms with Gasteiger partial charge < -0.3 is 15.7 Å². The van der Waals surface area contributed by atoms with Crippen molar-refractivity contribution in [3.8, 4) is 0 Å². The van der Waals surface area contributed by atoms with Crippen LogP contribution in [-0.4, -0.2) is 29.2 Å². The lowest BCUT2D eigenvalue weighted by Crippen LogP contribution is -2.50. The molecule has 5 atom stereocenters. The molecular formula is C16H28N2O3. The van der Waals surface area contributed by atoms with E-state index in [0.29, 0.717) is 12.3 Å². The normalized spacial score (nSPS) is 29.9. The Morgan fingerprint density at radius 2 is 2.00 bits per heavy atom. The first-order chi connectivity index (χ1) is 10.0. The number of unbranched alkanes of at least 4 members (excludes halogenated alkanes) is 1. The number of carbonyl (C=O) groups is 2. The molecule has 2 saturated carbocycles. The zero-order valence-corrected chi connectivity index (χ0v) is 13.1. The highest BCUT2D eigenvalue weighted by molar-refractivity contribution is 5.82. The molecule has 2 aliphatic carbocycles. The van der Waals surface area contributed by atoms with Crippen LogP contribution in [0.5, 0.6) is 0 Å². The van der Waals surface area contributed by atoms with Crippen LogP contribution in [0.15, 0.2) is 0 Å². The molecule has 0 aromatic rings. The number of nitrogens with one attached hydrogen (secondary N) is 2. The van der Waals surface area contributed by atoms with Crippen LogP contribution in [0.4, 0.5) is 4.79 Å². The molecule has 0 saturated heterocycles. The second kappa shape index (κ2) is 7.14. The molecule has 0 aromatic heterocycles. The number of amides is 2. The maximum atomic E-state index is 12.0. The van der Waals surface area contributed by atoms with Crippen molar-refractivity contribution in [2.75, 3.05) is 0 Å². The summed E-state index contributed by atoms with van der Waals surface area (Å²) in [6.07, 6.45) is 7.38. The first kappa shape index (κ1) is 16.1. The predicted octanol–water partition coefficient (Wildman–Crippen LogP) is 2.75. The molecule has 3 N–H and O–H groups in total. The van der Waals surface area contributed by atoms with Crippen LogP contribution in [-0.2, 0) is 4.79 Å². The van der Waals surface area contributed by atoms with Crippen LogP contribution in [0.25, 0.3) is 0 Å². The van der Waals surface area contributed by atoms with E-state index in [0.717, 1.165) is 24.7 Å². The zero-order chi connectivity index (χ0) is 15.4. The van der Waals surface area contributed by atoms with E-state index in [2.05, 4.69) is 10.6 Å². The van der Waals surface area contributed by atoms with Crippen molar-refractivity contribution in [3.05, 3.63) is 0 Å². The molecule has 0 radical (unpaired) electrons. The van der Waals surface area contributed by atoms with Crippen LogP contribution in [0.1, 0.15) is 58.8 Å². The van der Waals surface area contributed by atoms with Gasteiger partial charge in [0.25, 0.3) is 0 Å². The summed E-state index contributed by atoms with van der Waals surface area (Å²) in [5, 5.41) is 14.7. The average Bonchev–Trinajstić information content (AvgIpc) is 3.05. The highest BCUT2D eigenvalue weighted by Crippen LogP contribution is 2.49. The van der Waals surface area contributed by atoms with Gasteiger partial charge in [0.2, 0.25) is 0 Å². The second-order valence-electron chi connectivity index (χ2n) is 6.78. The molecule has 2 fully saturated rings. The number of hydrogen-bond acceptors (Lipinski definition) is 2. The summed E-state index contributed by atoms with van der Waals surface area (Å²) in [5.74, 6) is 1.21. The fourth-order valence-corrected chi connectivity index (χ4v) is 4.09. The van der Waals surface area contributed by atoms with Gasteiger partial charge in [-0.3, -0.25) is 0 Å². The largest absolute Gasteiger partial charge is 0.480 e. The van der Waals surface area contributed by atoms with E-state index in [9.17, 15) is 9.59 Å². The Bertz CT molecular complexity index is 386. The van der Waals surface area contributed by atoms with Gasteiger partial charge in [0.15, 0.2) is 0 Å². The third-order valence-electron chi connectivity index (χ3n) is 5.24. The van der Waals surface area contributed by atoms with Gasteiger partial charge in [0.1, 0.15) is 6.04 Å². The van der Waals surface area contributed by atoms with Crippen molar-refractivity contribution in [3.63, 3.8) is 0 Å². The highest BCUT2D eigenvalue weighted by atomic mass is 16.4. The number of fused-ring (bicyclic) bond motifs is 2. The first-order valence-corrected chi connectivity index (χ1v) is 8.31. The monoisotopic (exact) mass is 296 g/mol. The van der Waals surface area contributed by atoms with E-state index in [-0.39, 0.29) is 12.1 Å². The Hall–Kier alpha value is -1.26. The van der Waals surface area contributed by atoms with Gasteiger partial charge in [-0.15, -0.1) is 0 Å². The minimum atomic E-state index is -0.953. The van der Waals surface area contributed by atoms with E-state index in [4.69, 9.17) is 5.11 Å². The minimum Gasteiger partial charge on any atom is -0.480 e. The van der Waals surface area contributed by atoms with Crippen LogP contribution in [0.2, 0.25) is 0 Å². The van der Waals surface area contributed by atoms with E-state index in [1.165, 1.54) is 25.7 Å². The summed E-state index contributed by atoms with van der Waals surface area (Å²) in [5.41, 5.74) is 0. The lowest BCUT2D eigenvalue weighted by molar-refractivity contribution is -0.139. The van der Waals surface area contributed by atoms with Crippen molar-refractivity contribution in [1.82, 2.24) is 10.6 Å². The average molecular weight is 296 g/mol. The molecule has 0 aliphatic heterocycles. The van der Waals surface area contributed by atoms with E-state index in [1.807, 2.05) is 13.8 Å². The summed E-state index contributed by atoms with van der Waals surface area (Å²) >= 11 is 0. The molecule has 0 aromatic carbocycles. The lowest BCUT2D eigenvalue weighted by atomic mass is 9.84. The topological polar surface area (TPSA) is 78.4 Å². The van der Waals surface area contributed by atoms with Crippen LogP contribution < -0.4 is 10.6 Å². The maximum Gasteiger partial charge on any atom is 0.326 e. The molecule has 120 valence electrons.